The van der Waals surface area contributed by atoms with Crippen LogP contribution in [-0.2, 0) is 14.3 Å². The van der Waals surface area contributed by atoms with E-state index >= 15 is 0 Å². The second-order valence-electron chi connectivity index (χ2n) is 10.1. The molecule has 0 N–H and O–H groups in total. The molecule has 31 heavy (non-hydrogen) atoms. The molecule has 2 aromatic rings. The third-order valence-corrected chi connectivity index (χ3v) is 7.50. The zero-order chi connectivity index (χ0) is 23.0. The van der Waals surface area contributed by atoms with Gasteiger partial charge in [0.25, 0.3) is 0 Å². The minimum absolute atomic E-state index is 0.299. The molecule has 170 valence electrons. The standard InChI is InChI=1S/C25H35NO3S2/c1-9-28-23(27)21(29-24(4,5)6)18-16(3)31-22(20-15(2)14-30-26-20)19(18)17-10-12-25(7,8)13-11-17/h10,14,21H,9,11-13H2,1-8H3. The van der Waals surface area contributed by atoms with Crippen molar-refractivity contribution in [1.82, 2.24) is 4.37 Å². The largest absolute Gasteiger partial charge is 0.464 e. The number of carbonyl (C=O) groups excluding carboxylic acids is 1. The number of aryl methyl sites for hydroxylation is 2. The van der Waals surface area contributed by atoms with Gasteiger partial charge in [0.05, 0.1) is 22.8 Å². The van der Waals surface area contributed by atoms with Crippen LogP contribution in [0.5, 0.6) is 0 Å². The normalized spacial score (nSPS) is 17.4. The molecular weight excluding hydrogens is 426 g/mol. The maximum absolute atomic E-state index is 13.1. The Morgan fingerprint density at radius 1 is 1.29 bits per heavy atom. The fraction of sp³-hybridized carbons (Fsp3) is 0.600. The molecule has 0 fully saturated rings. The minimum atomic E-state index is -0.755. The van der Waals surface area contributed by atoms with E-state index in [1.807, 2.05) is 27.7 Å². The number of hydrogen-bond acceptors (Lipinski definition) is 6. The van der Waals surface area contributed by atoms with Crippen LogP contribution in [0.1, 0.15) is 88.5 Å². The summed E-state index contributed by atoms with van der Waals surface area (Å²) >= 11 is 3.19. The maximum Gasteiger partial charge on any atom is 0.340 e. The van der Waals surface area contributed by atoms with Gasteiger partial charge in [-0.1, -0.05) is 19.9 Å². The fourth-order valence-electron chi connectivity index (χ4n) is 3.97. The van der Waals surface area contributed by atoms with Gasteiger partial charge in [0, 0.05) is 21.4 Å². The van der Waals surface area contributed by atoms with E-state index in [9.17, 15) is 4.79 Å². The van der Waals surface area contributed by atoms with Gasteiger partial charge in [-0.2, -0.15) is 4.37 Å². The number of ether oxygens (including phenoxy) is 2. The summed E-state index contributed by atoms with van der Waals surface area (Å²) in [6, 6.07) is 0. The third-order valence-electron chi connectivity index (χ3n) is 5.62. The van der Waals surface area contributed by atoms with E-state index in [0.29, 0.717) is 12.0 Å². The lowest BCUT2D eigenvalue weighted by Crippen LogP contribution is -2.29. The zero-order valence-corrected chi connectivity index (χ0v) is 21.7. The molecule has 4 nitrogen and oxygen atoms in total. The van der Waals surface area contributed by atoms with Crippen LogP contribution in [0.25, 0.3) is 16.1 Å². The molecule has 0 saturated heterocycles. The summed E-state index contributed by atoms with van der Waals surface area (Å²) in [7, 11) is 0. The van der Waals surface area contributed by atoms with Gasteiger partial charge in [-0.15, -0.1) is 11.3 Å². The van der Waals surface area contributed by atoms with E-state index in [1.54, 1.807) is 11.3 Å². The van der Waals surface area contributed by atoms with E-state index in [1.165, 1.54) is 22.7 Å². The van der Waals surface area contributed by atoms with Gasteiger partial charge in [-0.05, 0) is 88.9 Å². The van der Waals surface area contributed by atoms with Crippen LogP contribution in [0.3, 0.4) is 0 Å². The van der Waals surface area contributed by atoms with Crippen molar-refractivity contribution in [2.45, 2.75) is 86.4 Å². The highest BCUT2D eigenvalue weighted by Crippen LogP contribution is 2.49. The van der Waals surface area contributed by atoms with Crippen LogP contribution < -0.4 is 0 Å². The first-order chi connectivity index (χ1) is 14.4. The number of hydrogen-bond donors (Lipinski definition) is 0. The first-order valence-electron chi connectivity index (χ1n) is 11.0. The first kappa shape index (κ1) is 24.1. The Hall–Kier alpha value is -1.50. The molecule has 0 aromatic carbocycles. The van der Waals surface area contributed by atoms with Crippen molar-refractivity contribution in [3.8, 4) is 10.6 Å². The molecule has 2 aromatic heterocycles. The average molecular weight is 462 g/mol. The number of aromatic nitrogens is 1. The second-order valence-corrected chi connectivity index (χ2v) is 11.9. The molecular formula is C25H35NO3S2. The molecule has 1 unspecified atom stereocenters. The van der Waals surface area contributed by atoms with Crippen molar-refractivity contribution in [3.05, 3.63) is 33.0 Å². The topological polar surface area (TPSA) is 48.4 Å². The summed E-state index contributed by atoms with van der Waals surface area (Å²) in [5.74, 6) is -0.321. The van der Waals surface area contributed by atoms with Crippen LogP contribution in [0, 0.1) is 19.3 Å². The molecule has 0 amide bonds. The van der Waals surface area contributed by atoms with E-state index in [4.69, 9.17) is 13.8 Å². The number of carbonyl (C=O) groups is 1. The lowest BCUT2D eigenvalue weighted by molar-refractivity contribution is -0.166. The Balaban J connectivity index is 2.23. The molecule has 0 radical (unpaired) electrons. The molecule has 0 spiro atoms. The first-order valence-corrected chi connectivity index (χ1v) is 12.7. The van der Waals surface area contributed by atoms with Crippen LogP contribution in [-0.4, -0.2) is 22.6 Å². The minimum Gasteiger partial charge on any atom is -0.464 e. The number of thiophene rings is 1. The third kappa shape index (κ3) is 5.47. The van der Waals surface area contributed by atoms with Crippen LogP contribution in [0.4, 0.5) is 0 Å². The molecule has 1 aliphatic carbocycles. The monoisotopic (exact) mass is 461 g/mol. The predicted molar refractivity (Wildman–Crippen MR) is 131 cm³/mol. The maximum atomic E-state index is 13.1. The lowest BCUT2D eigenvalue weighted by Gasteiger charge is -2.31. The van der Waals surface area contributed by atoms with E-state index in [2.05, 4.69) is 39.2 Å². The van der Waals surface area contributed by atoms with Gasteiger partial charge >= 0.3 is 5.97 Å². The van der Waals surface area contributed by atoms with E-state index in [-0.39, 0.29) is 5.97 Å². The molecule has 0 bridgehead atoms. The molecule has 1 aliphatic rings. The van der Waals surface area contributed by atoms with Gasteiger partial charge in [-0.25, -0.2) is 4.79 Å². The molecule has 1 atom stereocenters. The van der Waals surface area contributed by atoms with Crippen molar-refractivity contribution in [3.63, 3.8) is 0 Å². The van der Waals surface area contributed by atoms with Gasteiger partial charge < -0.3 is 9.47 Å². The highest BCUT2D eigenvalue weighted by Gasteiger charge is 2.36. The van der Waals surface area contributed by atoms with Crippen molar-refractivity contribution in [2.24, 2.45) is 5.41 Å². The summed E-state index contributed by atoms with van der Waals surface area (Å²) in [6.45, 7) is 16.9. The molecule has 2 heterocycles. The molecule has 0 aliphatic heterocycles. The predicted octanol–water partition coefficient (Wildman–Crippen LogP) is 7.50. The van der Waals surface area contributed by atoms with Gasteiger partial charge in [0.15, 0.2) is 6.10 Å². The Morgan fingerprint density at radius 3 is 2.52 bits per heavy atom. The van der Waals surface area contributed by atoms with E-state index in [0.717, 1.165) is 45.8 Å². The molecule has 0 saturated carbocycles. The van der Waals surface area contributed by atoms with Crippen molar-refractivity contribution >= 4 is 34.4 Å². The van der Waals surface area contributed by atoms with Crippen LogP contribution in [0.15, 0.2) is 11.5 Å². The second kappa shape index (κ2) is 9.16. The number of rotatable bonds is 6. The quantitative estimate of drug-likeness (QED) is 0.418. The molecule has 3 rings (SSSR count). The summed E-state index contributed by atoms with van der Waals surface area (Å²) in [4.78, 5) is 15.3. The fourth-order valence-corrected chi connectivity index (χ4v) is 5.96. The number of allylic oxidation sites excluding steroid dienone is 2. The molecule has 6 heteroatoms. The summed E-state index contributed by atoms with van der Waals surface area (Å²) in [5.41, 5.74) is 5.38. The zero-order valence-electron chi connectivity index (χ0n) is 20.0. The summed E-state index contributed by atoms with van der Waals surface area (Å²) in [6.07, 6.45) is 4.73. The Bertz CT molecular complexity index is 976. The summed E-state index contributed by atoms with van der Waals surface area (Å²) < 4.78 is 16.5. The van der Waals surface area contributed by atoms with Crippen LogP contribution in [0.2, 0.25) is 0 Å². The number of nitrogens with zero attached hydrogens (tertiary/aromatic N) is 1. The Morgan fingerprint density at radius 2 is 2.00 bits per heavy atom. The summed E-state index contributed by atoms with van der Waals surface area (Å²) in [5, 5.41) is 2.08. The van der Waals surface area contributed by atoms with Crippen LogP contribution >= 0.6 is 22.9 Å². The van der Waals surface area contributed by atoms with Gasteiger partial charge in [-0.3, -0.25) is 0 Å². The van der Waals surface area contributed by atoms with Crippen molar-refractivity contribution in [1.29, 1.82) is 0 Å². The van der Waals surface area contributed by atoms with Crippen molar-refractivity contribution in [2.75, 3.05) is 6.61 Å². The highest BCUT2D eigenvalue weighted by molar-refractivity contribution is 7.16. The lowest BCUT2D eigenvalue weighted by atomic mass is 9.76. The number of esters is 1. The Kier molecular flexibility index (Phi) is 7.14. The van der Waals surface area contributed by atoms with E-state index < -0.39 is 11.7 Å². The van der Waals surface area contributed by atoms with Gasteiger partial charge in [0.2, 0.25) is 0 Å². The Labute approximate surface area is 194 Å². The smallest absolute Gasteiger partial charge is 0.340 e. The highest BCUT2D eigenvalue weighted by atomic mass is 32.1. The average Bonchev–Trinajstić information content (AvgIpc) is 3.22. The van der Waals surface area contributed by atoms with Gasteiger partial charge in [0.1, 0.15) is 0 Å². The SMILES string of the molecule is CCOC(=O)C(OC(C)(C)C)c1c(C)sc(-c2nscc2C)c1C1=CCC(C)(C)CC1. The van der Waals surface area contributed by atoms with Crippen molar-refractivity contribution < 1.29 is 14.3 Å².